The number of nitrogens with zero attached hydrogens (tertiary/aromatic N) is 3. The summed E-state index contributed by atoms with van der Waals surface area (Å²) in [6.07, 6.45) is 1.73. The van der Waals surface area contributed by atoms with E-state index in [-0.39, 0.29) is 30.3 Å². The van der Waals surface area contributed by atoms with E-state index in [0.29, 0.717) is 22.4 Å². The fraction of sp³-hybridized carbons (Fsp3) is 0.292. The summed E-state index contributed by atoms with van der Waals surface area (Å²) in [6.45, 7) is 6.02. The molecular weight excluding hydrogens is 460 g/mol. The Morgan fingerprint density at radius 1 is 1.27 bits per heavy atom. The van der Waals surface area contributed by atoms with Crippen LogP contribution in [0.15, 0.2) is 48.7 Å². The van der Waals surface area contributed by atoms with E-state index in [9.17, 15) is 9.90 Å². The van der Waals surface area contributed by atoms with Crippen molar-refractivity contribution in [3.8, 4) is 11.4 Å². The number of thiocarbonyl (C=S) groups is 1. The molecule has 1 aliphatic heterocycles. The summed E-state index contributed by atoms with van der Waals surface area (Å²) in [7, 11) is 0. The van der Waals surface area contributed by atoms with E-state index >= 15 is 0 Å². The molecule has 0 amide bonds. The lowest BCUT2D eigenvalue weighted by Gasteiger charge is -2.27. The molecule has 0 spiro atoms. The quantitative estimate of drug-likeness (QED) is 0.397. The molecule has 2 aromatic heterocycles. The lowest BCUT2D eigenvalue weighted by Crippen LogP contribution is -2.35. The molecule has 1 saturated heterocycles. The average molecular weight is 485 g/mol. The average Bonchev–Trinajstić information content (AvgIpc) is 3.26. The van der Waals surface area contributed by atoms with Gasteiger partial charge in [0.25, 0.3) is 0 Å². The first kappa shape index (κ1) is 23.1. The molecule has 3 heterocycles. The maximum atomic E-state index is 12.4. The Labute approximate surface area is 203 Å². The highest BCUT2D eigenvalue weighted by molar-refractivity contribution is 7.80. The van der Waals surface area contributed by atoms with E-state index in [0.717, 1.165) is 22.6 Å². The number of esters is 1. The highest BCUT2D eigenvalue weighted by Gasteiger charge is 2.42. The number of rotatable bonds is 6. The number of aromatic hydroxyl groups is 1. The van der Waals surface area contributed by atoms with Gasteiger partial charge in [0.15, 0.2) is 5.11 Å². The third kappa shape index (κ3) is 4.41. The molecule has 172 valence electrons. The number of carbonyl (C=O) groups excluding carboxylic acids is 1. The Kier molecular flexibility index (Phi) is 6.58. The third-order valence-corrected chi connectivity index (χ3v) is 6.36. The van der Waals surface area contributed by atoms with Gasteiger partial charge in [-0.3, -0.25) is 9.78 Å². The Hall–Kier alpha value is -3.10. The Morgan fingerprint density at radius 2 is 2.06 bits per heavy atom. The minimum Gasteiger partial charge on any atom is -0.506 e. The van der Waals surface area contributed by atoms with Gasteiger partial charge in [0.1, 0.15) is 12.3 Å². The SMILES string of the molecule is CCOC(=O)CN1C(=S)N[C@@H](c2ccccn2)[C@@H]1c1cc(C)n(-c2cc(Cl)ccc2O)c1C. The number of phenols is 1. The Bertz CT molecular complexity index is 1200. The number of halogens is 1. The molecular formula is C24H25ClN4O3S. The van der Waals surface area contributed by atoms with Crippen LogP contribution in [0.4, 0.5) is 0 Å². The minimum absolute atomic E-state index is 0.0136. The van der Waals surface area contributed by atoms with E-state index < -0.39 is 0 Å². The van der Waals surface area contributed by atoms with Crippen LogP contribution in [0.5, 0.6) is 5.75 Å². The van der Waals surface area contributed by atoms with Crippen LogP contribution >= 0.6 is 23.8 Å². The van der Waals surface area contributed by atoms with Gasteiger partial charge >= 0.3 is 5.97 Å². The van der Waals surface area contributed by atoms with E-state index in [1.54, 1.807) is 31.3 Å². The third-order valence-electron chi connectivity index (χ3n) is 5.77. The molecule has 0 aliphatic carbocycles. The predicted molar refractivity (Wildman–Crippen MR) is 131 cm³/mol. The maximum absolute atomic E-state index is 12.4. The molecule has 1 fully saturated rings. The first-order valence-electron chi connectivity index (χ1n) is 10.6. The number of hydrogen-bond acceptors (Lipinski definition) is 5. The van der Waals surface area contributed by atoms with Gasteiger partial charge in [-0.05, 0) is 75.0 Å². The summed E-state index contributed by atoms with van der Waals surface area (Å²) in [5.41, 5.74) is 4.17. The molecule has 0 saturated carbocycles. The molecule has 0 unspecified atom stereocenters. The molecule has 33 heavy (non-hydrogen) atoms. The summed E-state index contributed by atoms with van der Waals surface area (Å²) in [5.74, 6) is -0.230. The maximum Gasteiger partial charge on any atom is 0.325 e. The van der Waals surface area contributed by atoms with Gasteiger partial charge in [0, 0.05) is 22.6 Å². The van der Waals surface area contributed by atoms with E-state index in [2.05, 4.69) is 10.3 Å². The van der Waals surface area contributed by atoms with Crippen molar-refractivity contribution in [1.82, 2.24) is 19.8 Å². The number of carbonyl (C=O) groups is 1. The summed E-state index contributed by atoms with van der Waals surface area (Å²) in [6, 6.07) is 12.1. The lowest BCUT2D eigenvalue weighted by atomic mass is 9.97. The fourth-order valence-corrected chi connectivity index (χ4v) is 4.86. The van der Waals surface area contributed by atoms with E-state index in [4.69, 9.17) is 28.6 Å². The minimum atomic E-state index is -0.352. The van der Waals surface area contributed by atoms with Crippen LogP contribution in [0, 0.1) is 13.8 Å². The molecule has 9 heteroatoms. The molecule has 3 aromatic rings. The van der Waals surface area contributed by atoms with E-state index in [1.165, 1.54) is 0 Å². The molecule has 2 N–H and O–H groups in total. The van der Waals surface area contributed by atoms with Gasteiger partial charge in [0.2, 0.25) is 0 Å². The zero-order valence-electron chi connectivity index (χ0n) is 18.6. The largest absolute Gasteiger partial charge is 0.506 e. The van der Waals surface area contributed by atoms with Crippen molar-refractivity contribution in [1.29, 1.82) is 0 Å². The van der Waals surface area contributed by atoms with E-state index in [1.807, 2.05) is 47.6 Å². The monoisotopic (exact) mass is 484 g/mol. The van der Waals surface area contributed by atoms with Crippen molar-refractivity contribution in [3.63, 3.8) is 0 Å². The first-order chi connectivity index (χ1) is 15.8. The van der Waals surface area contributed by atoms with Crippen molar-refractivity contribution < 1.29 is 14.6 Å². The highest BCUT2D eigenvalue weighted by atomic mass is 35.5. The van der Waals surface area contributed by atoms with Gasteiger partial charge < -0.3 is 24.6 Å². The second kappa shape index (κ2) is 9.41. The first-order valence-corrected chi connectivity index (χ1v) is 11.4. The van der Waals surface area contributed by atoms with Crippen LogP contribution in [-0.2, 0) is 9.53 Å². The van der Waals surface area contributed by atoms with Gasteiger partial charge in [0.05, 0.1) is 30.1 Å². The highest BCUT2D eigenvalue weighted by Crippen LogP contribution is 2.42. The predicted octanol–water partition coefficient (Wildman–Crippen LogP) is 4.38. The fourth-order valence-electron chi connectivity index (χ4n) is 4.39. The second-order valence-electron chi connectivity index (χ2n) is 7.85. The molecule has 1 aromatic carbocycles. The second-order valence-corrected chi connectivity index (χ2v) is 8.68. The molecule has 1 aliphatic rings. The number of aryl methyl sites for hydroxylation is 1. The zero-order chi connectivity index (χ0) is 23.7. The number of aromatic nitrogens is 2. The number of pyridine rings is 1. The number of benzene rings is 1. The van der Waals surface area contributed by atoms with Crippen molar-refractivity contribution >= 4 is 34.9 Å². The van der Waals surface area contributed by atoms with Crippen LogP contribution in [0.25, 0.3) is 5.69 Å². The van der Waals surface area contributed by atoms with Crippen LogP contribution in [-0.4, -0.2) is 43.8 Å². The topological polar surface area (TPSA) is 79.6 Å². The van der Waals surface area contributed by atoms with Gasteiger partial charge in [-0.1, -0.05) is 17.7 Å². The summed E-state index contributed by atoms with van der Waals surface area (Å²) in [5, 5.41) is 14.8. The van der Waals surface area contributed by atoms with Crippen LogP contribution < -0.4 is 5.32 Å². The van der Waals surface area contributed by atoms with Crippen molar-refractivity contribution in [2.45, 2.75) is 32.9 Å². The van der Waals surface area contributed by atoms with Gasteiger partial charge in [-0.2, -0.15) is 0 Å². The van der Waals surface area contributed by atoms with Gasteiger partial charge in [-0.25, -0.2) is 0 Å². The summed E-state index contributed by atoms with van der Waals surface area (Å²) in [4.78, 5) is 18.8. The molecule has 0 bridgehead atoms. The standard InChI is InChI=1S/C24H25ClN4O3S/c1-4-32-21(31)13-28-23(22(27-24(28)33)18-7-5-6-10-26-18)17-11-14(2)29(15(17)3)19-12-16(25)8-9-20(19)30/h5-12,22-23,30H,4,13H2,1-3H3,(H,27,33)/t22-,23-/m0/s1. The Balaban J connectivity index is 1.84. The number of phenolic OH excluding ortho intramolecular Hbond substituents is 1. The van der Waals surface area contributed by atoms with Crippen molar-refractivity contribution in [2.75, 3.05) is 13.2 Å². The van der Waals surface area contributed by atoms with Crippen molar-refractivity contribution in [3.05, 3.63) is 76.3 Å². The summed E-state index contributed by atoms with van der Waals surface area (Å²) >= 11 is 11.8. The Morgan fingerprint density at radius 3 is 2.76 bits per heavy atom. The van der Waals surface area contributed by atoms with Crippen LogP contribution in [0.1, 0.15) is 41.7 Å². The molecule has 2 atom stereocenters. The smallest absolute Gasteiger partial charge is 0.325 e. The molecule has 7 nitrogen and oxygen atoms in total. The lowest BCUT2D eigenvalue weighted by molar-refractivity contribution is -0.143. The number of nitrogens with one attached hydrogen (secondary N) is 1. The molecule has 4 rings (SSSR count). The normalized spacial score (nSPS) is 17.8. The van der Waals surface area contributed by atoms with Crippen LogP contribution in [0.2, 0.25) is 5.02 Å². The summed E-state index contributed by atoms with van der Waals surface area (Å²) < 4.78 is 7.15. The van der Waals surface area contributed by atoms with Crippen molar-refractivity contribution in [2.24, 2.45) is 0 Å². The van der Waals surface area contributed by atoms with Gasteiger partial charge in [-0.15, -0.1) is 0 Å². The number of hydrogen-bond donors (Lipinski definition) is 2. The van der Waals surface area contributed by atoms with Crippen LogP contribution in [0.3, 0.4) is 0 Å². The number of ether oxygens (including phenoxy) is 1. The zero-order valence-corrected chi connectivity index (χ0v) is 20.2. The molecule has 0 radical (unpaired) electrons.